The molecule has 1 saturated heterocycles. The highest BCUT2D eigenvalue weighted by atomic mass is 32.1. The molecule has 0 atom stereocenters. The van der Waals surface area contributed by atoms with E-state index in [1.807, 2.05) is 0 Å². The SMILES string of the molecule is CC(C)(C)c1nsc(N2CCC(C=O)CC2)n1. The molecule has 0 spiro atoms. The van der Waals surface area contributed by atoms with Gasteiger partial charge in [-0.25, -0.2) is 4.98 Å². The number of anilines is 1. The van der Waals surface area contributed by atoms with Gasteiger partial charge in [0.25, 0.3) is 0 Å². The zero-order chi connectivity index (χ0) is 12.5. The molecule has 1 fully saturated rings. The molecule has 0 aromatic carbocycles. The quantitative estimate of drug-likeness (QED) is 0.758. The van der Waals surface area contributed by atoms with E-state index >= 15 is 0 Å². The van der Waals surface area contributed by atoms with Crippen LogP contribution in [0, 0.1) is 5.92 Å². The summed E-state index contributed by atoms with van der Waals surface area (Å²) in [5, 5.41) is 0.999. The van der Waals surface area contributed by atoms with E-state index in [1.54, 1.807) is 0 Å². The monoisotopic (exact) mass is 253 g/mol. The zero-order valence-corrected chi connectivity index (χ0v) is 11.5. The van der Waals surface area contributed by atoms with E-state index in [4.69, 9.17) is 0 Å². The molecule has 1 aromatic heterocycles. The highest BCUT2D eigenvalue weighted by Crippen LogP contribution is 2.27. The van der Waals surface area contributed by atoms with Crippen LogP contribution in [-0.2, 0) is 10.2 Å². The number of hydrogen-bond donors (Lipinski definition) is 0. The summed E-state index contributed by atoms with van der Waals surface area (Å²) in [5.74, 6) is 1.15. The fourth-order valence-electron chi connectivity index (χ4n) is 1.88. The Balaban J connectivity index is 2.04. The van der Waals surface area contributed by atoms with E-state index < -0.39 is 0 Å². The smallest absolute Gasteiger partial charge is 0.205 e. The van der Waals surface area contributed by atoms with Gasteiger partial charge in [0.1, 0.15) is 12.1 Å². The molecule has 0 saturated carbocycles. The Hall–Kier alpha value is -0.970. The standard InChI is InChI=1S/C12H19N3OS/c1-12(2,3)10-13-11(17-14-10)15-6-4-9(8-16)5-7-15/h8-9H,4-7H2,1-3H3. The van der Waals surface area contributed by atoms with Crippen LogP contribution >= 0.6 is 11.5 Å². The van der Waals surface area contributed by atoms with Gasteiger partial charge >= 0.3 is 0 Å². The third-order valence-electron chi connectivity index (χ3n) is 3.09. The first-order valence-electron chi connectivity index (χ1n) is 6.05. The molecule has 0 unspecified atom stereocenters. The van der Waals surface area contributed by atoms with Crippen molar-refractivity contribution in [1.82, 2.24) is 9.36 Å². The lowest BCUT2D eigenvalue weighted by atomic mass is 9.96. The minimum absolute atomic E-state index is 0.00979. The first-order chi connectivity index (χ1) is 8.00. The van der Waals surface area contributed by atoms with Crippen molar-refractivity contribution in [3.63, 3.8) is 0 Å². The number of rotatable bonds is 2. The molecule has 1 aromatic rings. The van der Waals surface area contributed by atoms with Gasteiger partial charge in [0, 0.05) is 36.0 Å². The Labute approximate surface area is 106 Å². The van der Waals surface area contributed by atoms with Gasteiger partial charge in [-0.1, -0.05) is 20.8 Å². The first kappa shape index (κ1) is 12.5. The van der Waals surface area contributed by atoms with Crippen LogP contribution in [0.2, 0.25) is 0 Å². The van der Waals surface area contributed by atoms with Crippen molar-refractivity contribution in [2.75, 3.05) is 18.0 Å². The molecular weight excluding hydrogens is 234 g/mol. The number of aldehydes is 1. The van der Waals surface area contributed by atoms with Crippen LogP contribution in [0.15, 0.2) is 0 Å². The normalized spacial score (nSPS) is 18.4. The van der Waals surface area contributed by atoms with Crippen molar-refractivity contribution in [2.24, 2.45) is 5.92 Å². The number of hydrogen-bond acceptors (Lipinski definition) is 5. The number of carbonyl (C=O) groups excluding carboxylic acids is 1. The van der Waals surface area contributed by atoms with Gasteiger partial charge in [0.15, 0.2) is 0 Å². The highest BCUT2D eigenvalue weighted by molar-refractivity contribution is 7.09. The largest absolute Gasteiger partial charge is 0.347 e. The number of piperidine rings is 1. The van der Waals surface area contributed by atoms with Crippen molar-refractivity contribution < 1.29 is 4.79 Å². The second-order valence-electron chi connectivity index (χ2n) is 5.61. The van der Waals surface area contributed by atoms with Gasteiger partial charge in [-0.15, -0.1) is 0 Å². The highest BCUT2D eigenvalue weighted by Gasteiger charge is 2.24. The third kappa shape index (κ3) is 2.83. The molecule has 4 nitrogen and oxygen atoms in total. The first-order valence-corrected chi connectivity index (χ1v) is 6.82. The maximum absolute atomic E-state index is 10.7. The van der Waals surface area contributed by atoms with Gasteiger partial charge < -0.3 is 9.69 Å². The Kier molecular flexibility index (Phi) is 3.47. The van der Waals surface area contributed by atoms with E-state index in [-0.39, 0.29) is 11.3 Å². The molecular formula is C12H19N3OS. The minimum atomic E-state index is 0.00979. The van der Waals surface area contributed by atoms with E-state index in [0.29, 0.717) is 0 Å². The molecule has 1 aliphatic heterocycles. The summed E-state index contributed by atoms with van der Waals surface area (Å²) in [6.45, 7) is 8.21. The summed E-state index contributed by atoms with van der Waals surface area (Å²) < 4.78 is 4.42. The van der Waals surface area contributed by atoms with Crippen LogP contribution < -0.4 is 4.90 Å². The molecule has 0 amide bonds. The maximum atomic E-state index is 10.7. The Bertz CT molecular complexity index is 389. The molecule has 2 heterocycles. The van der Waals surface area contributed by atoms with Crippen LogP contribution in [0.25, 0.3) is 0 Å². The van der Waals surface area contributed by atoms with Gasteiger partial charge in [0.2, 0.25) is 5.13 Å². The molecule has 0 aliphatic carbocycles. The Morgan fingerprint density at radius 3 is 2.47 bits per heavy atom. The molecule has 2 rings (SSSR count). The van der Waals surface area contributed by atoms with Crippen LogP contribution in [0.5, 0.6) is 0 Å². The fraction of sp³-hybridized carbons (Fsp3) is 0.750. The number of carbonyl (C=O) groups is 1. The summed E-state index contributed by atoms with van der Waals surface area (Å²) in [7, 11) is 0. The van der Waals surface area contributed by atoms with Crippen molar-refractivity contribution in [2.45, 2.75) is 39.0 Å². The van der Waals surface area contributed by atoms with Crippen LogP contribution in [0.3, 0.4) is 0 Å². The summed E-state index contributed by atoms with van der Waals surface area (Å²) >= 11 is 1.47. The average Bonchev–Trinajstić information content (AvgIpc) is 2.78. The third-order valence-corrected chi connectivity index (χ3v) is 3.87. The van der Waals surface area contributed by atoms with E-state index in [9.17, 15) is 4.79 Å². The van der Waals surface area contributed by atoms with Gasteiger partial charge in [-0.2, -0.15) is 4.37 Å². The second kappa shape index (κ2) is 4.72. The van der Waals surface area contributed by atoms with E-state index in [1.165, 1.54) is 11.5 Å². The van der Waals surface area contributed by atoms with Gasteiger partial charge in [-0.05, 0) is 12.8 Å². The number of nitrogens with zero attached hydrogens (tertiary/aromatic N) is 3. The molecule has 1 aliphatic rings. The maximum Gasteiger partial charge on any atom is 0.205 e. The second-order valence-corrected chi connectivity index (χ2v) is 6.34. The van der Waals surface area contributed by atoms with Crippen LogP contribution in [-0.4, -0.2) is 28.7 Å². The summed E-state index contributed by atoms with van der Waals surface area (Å²) in [6.07, 6.45) is 2.96. The Morgan fingerprint density at radius 2 is 2.00 bits per heavy atom. The van der Waals surface area contributed by atoms with Gasteiger partial charge in [-0.3, -0.25) is 0 Å². The average molecular weight is 253 g/mol. The predicted octanol–water partition coefficient (Wildman–Crippen LogP) is 2.25. The Morgan fingerprint density at radius 1 is 1.35 bits per heavy atom. The molecule has 94 valence electrons. The van der Waals surface area contributed by atoms with Crippen LogP contribution in [0.4, 0.5) is 5.13 Å². The van der Waals surface area contributed by atoms with Crippen LogP contribution in [0.1, 0.15) is 39.4 Å². The zero-order valence-electron chi connectivity index (χ0n) is 10.6. The lowest BCUT2D eigenvalue weighted by Crippen LogP contribution is -2.34. The molecule has 0 radical (unpaired) electrons. The van der Waals surface area contributed by atoms with Gasteiger partial charge in [0.05, 0.1) is 0 Å². The fourth-order valence-corrected chi connectivity index (χ4v) is 2.78. The molecule has 17 heavy (non-hydrogen) atoms. The van der Waals surface area contributed by atoms with Crippen molar-refractivity contribution in [1.29, 1.82) is 0 Å². The molecule has 5 heteroatoms. The molecule has 0 N–H and O–H groups in total. The predicted molar refractivity (Wildman–Crippen MR) is 69.6 cm³/mol. The van der Waals surface area contributed by atoms with E-state index in [0.717, 1.165) is 43.2 Å². The van der Waals surface area contributed by atoms with Crippen molar-refractivity contribution in [3.8, 4) is 0 Å². The summed E-state index contributed by atoms with van der Waals surface area (Å²) in [6, 6.07) is 0. The molecule has 0 bridgehead atoms. The topological polar surface area (TPSA) is 46.1 Å². The van der Waals surface area contributed by atoms with Crippen molar-refractivity contribution in [3.05, 3.63) is 5.82 Å². The summed E-state index contributed by atoms with van der Waals surface area (Å²) in [5.41, 5.74) is 0.00979. The van der Waals surface area contributed by atoms with E-state index in [2.05, 4.69) is 35.0 Å². The lowest BCUT2D eigenvalue weighted by molar-refractivity contribution is -0.111. The van der Waals surface area contributed by atoms with Crippen molar-refractivity contribution >= 4 is 23.0 Å². The number of aromatic nitrogens is 2. The lowest BCUT2D eigenvalue weighted by Gasteiger charge is -2.28. The minimum Gasteiger partial charge on any atom is -0.347 e. The summed E-state index contributed by atoms with van der Waals surface area (Å²) in [4.78, 5) is 17.5.